The predicted octanol–water partition coefficient (Wildman–Crippen LogP) is 4.02. The number of ether oxygens (including phenoxy) is 2. The summed E-state index contributed by atoms with van der Waals surface area (Å²) >= 11 is 2.07. The molecule has 2 saturated heterocycles. The van der Waals surface area contributed by atoms with Gasteiger partial charge < -0.3 is 14.4 Å². The highest BCUT2D eigenvalue weighted by atomic mass is 32.2. The van der Waals surface area contributed by atoms with Crippen molar-refractivity contribution in [2.75, 3.05) is 26.2 Å². The van der Waals surface area contributed by atoms with Crippen LogP contribution in [0.4, 0.5) is 4.79 Å². The van der Waals surface area contributed by atoms with Crippen LogP contribution in [-0.2, 0) is 9.59 Å². The summed E-state index contributed by atoms with van der Waals surface area (Å²) in [6, 6.07) is 8.34. The molecule has 0 spiro atoms. The van der Waals surface area contributed by atoms with Crippen LogP contribution in [0.1, 0.15) is 35.0 Å². The average Bonchev–Trinajstić information content (AvgIpc) is 3.56. The van der Waals surface area contributed by atoms with Crippen LogP contribution < -0.4 is 9.47 Å². The zero-order chi connectivity index (χ0) is 23.4. The average molecular weight is 487 g/mol. The van der Waals surface area contributed by atoms with Crippen molar-refractivity contribution in [1.29, 1.82) is 0 Å². The fourth-order valence-electron chi connectivity index (χ4n) is 3.50. The van der Waals surface area contributed by atoms with Gasteiger partial charge >= 0.3 is 5.97 Å². The molecule has 2 aromatic rings. The molecule has 172 valence electrons. The third kappa shape index (κ3) is 5.28. The first-order valence-electron chi connectivity index (χ1n) is 10.5. The van der Waals surface area contributed by atoms with E-state index in [9.17, 15) is 19.2 Å². The predicted molar refractivity (Wildman–Crippen MR) is 125 cm³/mol. The second-order valence-corrected chi connectivity index (χ2v) is 9.30. The van der Waals surface area contributed by atoms with E-state index in [4.69, 9.17) is 9.47 Å². The van der Waals surface area contributed by atoms with Crippen LogP contribution in [0, 0.1) is 0 Å². The van der Waals surface area contributed by atoms with E-state index >= 15 is 0 Å². The number of rotatable bonds is 7. The van der Waals surface area contributed by atoms with Gasteiger partial charge in [-0.2, -0.15) is 0 Å². The summed E-state index contributed by atoms with van der Waals surface area (Å²) < 4.78 is 11.1. The Kier molecular flexibility index (Phi) is 7.14. The standard InChI is InChI=1S/C23H22N2O6S2/c1-2-30-17-12-15(7-8-16(17)31-22(28)18-6-5-11-32-18)13-19-21(27)25(23(29)33-19)14-20(26)24-9-3-4-10-24/h5-8,11-13H,2-4,9-10,14H2,1H3/b19-13-. The lowest BCUT2D eigenvalue weighted by Gasteiger charge is -2.18. The van der Waals surface area contributed by atoms with Gasteiger partial charge in [-0.3, -0.25) is 19.3 Å². The molecule has 3 amide bonds. The fourth-order valence-corrected chi connectivity index (χ4v) is 4.94. The number of carbonyl (C=O) groups excluding carboxylic acids is 4. The number of amides is 3. The Balaban J connectivity index is 1.50. The van der Waals surface area contributed by atoms with E-state index in [2.05, 4.69) is 0 Å². The highest BCUT2D eigenvalue weighted by Gasteiger charge is 2.37. The van der Waals surface area contributed by atoms with E-state index < -0.39 is 17.1 Å². The van der Waals surface area contributed by atoms with Gasteiger partial charge in [-0.05, 0) is 66.7 Å². The summed E-state index contributed by atoms with van der Waals surface area (Å²) in [5, 5.41) is 1.32. The SMILES string of the molecule is CCOc1cc(/C=C2\SC(=O)N(CC(=O)N3CCCC3)C2=O)ccc1OC(=O)c1cccs1. The summed E-state index contributed by atoms with van der Waals surface area (Å²) in [7, 11) is 0. The van der Waals surface area contributed by atoms with Crippen molar-refractivity contribution in [3.63, 3.8) is 0 Å². The number of thioether (sulfide) groups is 1. The second-order valence-electron chi connectivity index (χ2n) is 7.36. The molecule has 2 fully saturated rings. The Hall–Kier alpha value is -3.11. The fraction of sp³-hybridized carbons (Fsp3) is 0.304. The van der Waals surface area contributed by atoms with Crippen molar-refractivity contribution in [2.45, 2.75) is 19.8 Å². The monoisotopic (exact) mass is 486 g/mol. The van der Waals surface area contributed by atoms with Crippen LogP contribution in [-0.4, -0.2) is 59.1 Å². The van der Waals surface area contributed by atoms with Gasteiger partial charge in [-0.1, -0.05) is 12.1 Å². The van der Waals surface area contributed by atoms with Crippen molar-refractivity contribution in [3.05, 3.63) is 51.1 Å². The van der Waals surface area contributed by atoms with Crippen LogP contribution in [0.5, 0.6) is 11.5 Å². The van der Waals surface area contributed by atoms with Crippen molar-refractivity contribution < 1.29 is 28.7 Å². The molecule has 0 saturated carbocycles. The van der Waals surface area contributed by atoms with Crippen molar-refractivity contribution in [2.24, 2.45) is 0 Å². The van der Waals surface area contributed by atoms with E-state index in [1.54, 1.807) is 53.6 Å². The van der Waals surface area contributed by atoms with Crippen LogP contribution in [0.2, 0.25) is 0 Å². The summed E-state index contributed by atoms with van der Waals surface area (Å²) in [6.07, 6.45) is 3.45. The number of benzene rings is 1. The molecule has 0 radical (unpaired) electrons. The minimum atomic E-state index is -0.497. The number of imide groups is 1. The zero-order valence-electron chi connectivity index (χ0n) is 17.9. The van der Waals surface area contributed by atoms with E-state index in [-0.39, 0.29) is 23.1 Å². The number of thiophene rings is 1. The van der Waals surface area contributed by atoms with Crippen LogP contribution in [0.15, 0.2) is 40.6 Å². The first-order valence-corrected chi connectivity index (χ1v) is 12.2. The number of nitrogens with zero attached hydrogens (tertiary/aromatic N) is 2. The first-order chi connectivity index (χ1) is 16.0. The molecule has 3 heterocycles. The van der Waals surface area contributed by atoms with Crippen LogP contribution >= 0.6 is 23.1 Å². The van der Waals surface area contributed by atoms with E-state index in [1.807, 2.05) is 0 Å². The zero-order valence-corrected chi connectivity index (χ0v) is 19.6. The normalized spacial score (nSPS) is 17.2. The van der Waals surface area contributed by atoms with Crippen molar-refractivity contribution >= 4 is 52.2 Å². The molecule has 0 atom stereocenters. The highest BCUT2D eigenvalue weighted by Crippen LogP contribution is 2.35. The number of likely N-dealkylation sites (tertiary alicyclic amines) is 1. The van der Waals surface area contributed by atoms with Crippen molar-refractivity contribution in [1.82, 2.24) is 9.80 Å². The Labute approximate surface area is 199 Å². The summed E-state index contributed by atoms with van der Waals surface area (Å²) in [5.74, 6) is -0.589. The molecule has 2 aliphatic heterocycles. The maximum Gasteiger partial charge on any atom is 0.353 e. The summed E-state index contributed by atoms with van der Waals surface area (Å²) in [4.78, 5) is 53.2. The van der Waals surface area contributed by atoms with E-state index in [0.717, 1.165) is 29.5 Å². The van der Waals surface area contributed by atoms with Crippen LogP contribution in [0.25, 0.3) is 6.08 Å². The van der Waals surface area contributed by atoms with E-state index in [0.29, 0.717) is 35.9 Å². The van der Waals surface area contributed by atoms with Gasteiger partial charge in [0.25, 0.3) is 11.1 Å². The quantitative estimate of drug-likeness (QED) is 0.331. The molecule has 0 unspecified atom stereocenters. The molecule has 8 nitrogen and oxygen atoms in total. The van der Waals surface area contributed by atoms with Gasteiger partial charge in [-0.25, -0.2) is 4.79 Å². The molecule has 2 aliphatic rings. The maximum atomic E-state index is 12.8. The van der Waals surface area contributed by atoms with Crippen molar-refractivity contribution in [3.8, 4) is 11.5 Å². The summed E-state index contributed by atoms with van der Waals surface area (Å²) in [5.41, 5.74) is 0.603. The van der Waals surface area contributed by atoms with Gasteiger partial charge in [0.15, 0.2) is 11.5 Å². The summed E-state index contributed by atoms with van der Waals surface area (Å²) in [6.45, 7) is 3.23. The molecule has 1 aromatic heterocycles. The maximum absolute atomic E-state index is 12.8. The minimum absolute atomic E-state index is 0.216. The molecular formula is C23H22N2O6S2. The molecular weight excluding hydrogens is 464 g/mol. The molecule has 0 N–H and O–H groups in total. The smallest absolute Gasteiger partial charge is 0.353 e. The molecule has 1 aromatic carbocycles. The number of hydrogen-bond acceptors (Lipinski definition) is 8. The van der Waals surface area contributed by atoms with Gasteiger partial charge in [0.2, 0.25) is 5.91 Å². The van der Waals surface area contributed by atoms with Gasteiger partial charge in [0, 0.05) is 13.1 Å². The number of hydrogen-bond donors (Lipinski definition) is 0. The lowest BCUT2D eigenvalue weighted by atomic mass is 10.2. The Morgan fingerprint density at radius 3 is 2.61 bits per heavy atom. The first kappa shape index (κ1) is 23.1. The third-order valence-electron chi connectivity index (χ3n) is 5.12. The number of esters is 1. The Morgan fingerprint density at radius 2 is 1.91 bits per heavy atom. The number of carbonyl (C=O) groups is 4. The van der Waals surface area contributed by atoms with E-state index in [1.165, 1.54) is 11.3 Å². The largest absolute Gasteiger partial charge is 0.490 e. The lowest BCUT2D eigenvalue weighted by Crippen LogP contribution is -2.40. The van der Waals surface area contributed by atoms with Crippen LogP contribution in [0.3, 0.4) is 0 Å². The molecule has 0 bridgehead atoms. The molecule has 0 aliphatic carbocycles. The van der Waals surface area contributed by atoms with Gasteiger partial charge in [-0.15, -0.1) is 11.3 Å². The molecule has 10 heteroatoms. The topological polar surface area (TPSA) is 93.2 Å². The minimum Gasteiger partial charge on any atom is -0.490 e. The Morgan fingerprint density at radius 1 is 1.12 bits per heavy atom. The highest BCUT2D eigenvalue weighted by molar-refractivity contribution is 8.18. The third-order valence-corrected chi connectivity index (χ3v) is 6.87. The molecule has 4 rings (SSSR count). The molecule has 33 heavy (non-hydrogen) atoms. The Bertz CT molecular complexity index is 1110. The van der Waals surface area contributed by atoms with Gasteiger partial charge in [0.1, 0.15) is 11.4 Å². The van der Waals surface area contributed by atoms with Gasteiger partial charge in [0.05, 0.1) is 11.5 Å². The second kappa shape index (κ2) is 10.2. The lowest BCUT2D eigenvalue weighted by molar-refractivity contribution is -0.135.